The summed E-state index contributed by atoms with van der Waals surface area (Å²) in [4.78, 5) is 12.3. The Morgan fingerprint density at radius 3 is 2.68 bits per heavy atom. The summed E-state index contributed by atoms with van der Waals surface area (Å²) in [6.07, 6.45) is 0. The highest BCUT2D eigenvalue weighted by Crippen LogP contribution is 2.31. The lowest BCUT2D eigenvalue weighted by Gasteiger charge is -2.09. The lowest BCUT2D eigenvalue weighted by molar-refractivity contribution is 0.340. The van der Waals surface area contributed by atoms with Crippen molar-refractivity contribution < 1.29 is 13.9 Å². The number of fused-ring (bicyclic) bond motifs is 1. The SMILES string of the molecule is CCOc1ccc2c(=O)cc(-c3ccccc3OC)oc2c1. The quantitative estimate of drug-likeness (QED) is 0.733. The van der Waals surface area contributed by atoms with Crippen LogP contribution in [0.15, 0.2) is 57.7 Å². The molecule has 3 aromatic rings. The molecule has 22 heavy (non-hydrogen) atoms. The van der Waals surface area contributed by atoms with Crippen LogP contribution in [0.4, 0.5) is 0 Å². The maximum atomic E-state index is 12.3. The average Bonchev–Trinajstić information content (AvgIpc) is 2.54. The van der Waals surface area contributed by atoms with E-state index in [1.165, 1.54) is 6.07 Å². The molecule has 0 aliphatic heterocycles. The van der Waals surface area contributed by atoms with E-state index in [1.807, 2.05) is 31.2 Å². The summed E-state index contributed by atoms with van der Waals surface area (Å²) in [5, 5.41) is 0.530. The lowest BCUT2D eigenvalue weighted by Crippen LogP contribution is -2.01. The van der Waals surface area contributed by atoms with Crippen molar-refractivity contribution in [1.29, 1.82) is 0 Å². The van der Waals surface area contributed by atoms with E-state index in [-0.39, 0.29) is 5.43 Å². The van der Waals surface area contributed by atoms with Crippen molar-refractivity contribution in [3.63, 3.8) is 0 Å². The number of rotatable bonds is 4. The topological polar surface area (TPSA) is 48.7 Å². The smallest absolute Gasteiger partial charge is 0.193 e. The molecule has 0 aliphatic rings. The minimum Gasteiger partial charge on any atom is -0.496 e. The summed E-state index contributed by atoms with van der Waals surface area (Å²) in [5.41, 5.74) is 1.15. The van der Waals surface area contributed by atoms with Crippen LogP contribution < -0.4 is 14.9 Å². The molecular weight excluding hydrogens is 280 g/mol. The first-order valence-electron chi connectivity index (χ1n) is 7.07. The number of hydrogen-bond donors (Lipinski definition) is 0. The fraction of sp³-hybridized carbons (Fsp3) is 0.167. The molecule has 0 N–H and O–H groups in total. The molecule has 1 aromatic heterocycles. The van der Waals surface area contributed by atoms with Gasteiger partial charge in [-0.15, -0.1) is 0 Å². The van der Waals surface area contributed by atoms with E-state index in [0.29, 0.717) is 34.8 Å². The Hall–Kier alpha value is -2.75. The first-order valence-corrected chi connectivity index (χ1v) is 7.07. The fourth-order valence-electron chi connectivity index (χ4n) is 2.37. The summed E-state index contributed by atoms with van der Waals surface area (Å²) in [6, 6.07) is 14.1. The monoisotopic (exact) mass is 296 g/mol. The minimum atomic E-state index is -0.0924. The van der Waals surface area contributed by atoms with E-state index >= 15 is 0 Å². The molecule has 0 amide bonds. The second kappa shape index (κ2) is 5.93. The van der Waals surface area contributed by atoms with E-state index in [1.54, 1.807) is 25.3 Å². The van der Waals surface area contributed by atoms with Gasteiger partial charge in [-0.05, 0) is 31.2 Å². The molecule has 4 nitrogen and oxygen atoms in total. The number of methoxy groups -OCH3 is 1. The van der Waals surface area contributed by atoms with Crippen LogP contribution in [-0.2, 0) is 0 Å². The first kappa shape index (κ1) is 14.2. The molecule has 4 heteroatoms. The van der Waals surface area contributed by atoms with Gasteiger partial charge < -0.3 is 13.9 Å². The molecule has 0 fully saturated rings. The second-order valence-corrected chi connectivity index (χ2v) is 4.77. The zero-order valence-electron chi connectivity index (χ0n) is 12.5. The van der Waals surface area contributed by atoms with Crippen LogP contribution in [0, 0.1) is 0 Å². The van der Waals surface area contributed by atoms with Crippen molar-refractivity contribution in [1.82, 2.24) is 0 Å². The van der Waals surface area contributed by atoms with Gasteiger partial charge in [0, 0.05) is 12.1 Å². The molecule has 1 heterocycles. The average molecular weight is 296 g/mol. The van der Waals surface area contributed by atoms with E-state index in [4.69, 9.17) is 13.9 Å². The van der Waals surface area contributed by atoms with Gasteiger partial charge in [-0.1, -0.05) is 12.1 Å². The van der Waals surface area contributed by atoms with E-state index < -0.39 is 0 Å². The summed E-state index contributed by atoms with van der Waals surface area (Å²) in [7, 11) is 1.59. The van der Waals surface area contributed by atoms with E-state index in [2.05, 4.69) is 0 Å². The third-order valence-corrected chi connectivity index (χ3v) is 3.38. The van der Waals surface area contributed by atoms with Crippen molar-refractivity contribution in [2.45, 2.75) is 6.92 Å². The van der Waals surface area contributed by atoms with Gasteiger partial charge in [0.2, 0.25) is 0 Å². The highest BCUT2D eigenvalue weighted by atomic mass is 16.5. The number of hydrogen-bond acceptors (Lipinski definition) is 4. The summed E-state index contributed by atoms with van der Waals surface area (Å²) in [6.45, 7) is 2.47. The molecule has 0 saturated carbocycles. The molecule has 112 valence electrons. The second-order valence-electron chi connectivity index (χ2n) is 4.77. The maximum absolute atomic E-state index is 12.3. The van der Waals surface area contributed by atoms with Gasteiger partial charge in [-0.3, -0.25) is 4.79 Å². The Morgan fingerprint density at radius 2 is 1.91 bits per heavy atom. The largest absolute Gasteiger partial charge is 0.496 e. The number of benzene rings is 2. The van der Waals surface area contributed by atoms with E-state index in [0.717, 1.165) is 5.56 Å². The van der Waals surface area contributed by atoms with Crippen LogP contribution in [0.5, 0.6) is 11.5 Å². The van der Waals surface area contributed by atoms with Crippen LogP contribution in [0.1, 0.15) is 6.92 Å². The molecule has 3 rings (SSSR count). The van der Waals surface area contributed by atoms with Crippen LogP contribution in [0.3, 0.4) is 0 Å². The minimum absolute atomic E-state index is 0.0924. The van der Waals surface area contributed by atoms with Gasteiger partial charge in [0.15, 0.2) is 5.43 Å². The Kier molecular flexibility index (Phi) is 3.83. The molecule has 0 radical (unpaired) electrons. The van der Waals surface area contributed by atoms with Gasteiger partial charge in [0.1, 0.15) is 22.8 Å². The predicted molar refractivity (Wildman–Crippen MR) is 85.6 cm³/mol. The first-order chi connectivity index (χ1) is 10.7. The van der Waals surface area contributed by atoms with Crippen LogP contribution in [-0.4, -0.2) is 13.7 Å². The molecule has 0 unspecified atom stereocenters. The third-order valence-electron chi connectivity index (χ3n) is 3.38. The maximum Gasteiger partial charge on any atom is 0.193 e. The van der Waals surface area contributed by atoms with Gasteiger partial charge in [0.25, 0.3) is 0 Å². The van der Waals surface area contributed by atoms with Crippen molar-refractivity contribution >= 4 is 11.0 Å². The predicted octanol–water partition coefficient (Wildman–Crippen LogP) is 3.87. The standard InChI is InChI=1S/C18H16O4/c1-3-21-12-8-9-13-15(19)11-18(22-17(13)10-12)14-6-4-5-7-16(14)20-2/h4-11H,3H2,1-2H3. The van der Waals surface area contributed by atoms with Crippen molar-refractivity contribution in [2.75, 3.05) is 13.7 Å². The lowest BCUT2D eigenvalue weighted by atomic mass is 10.1. The van der Waals surface area contributed by atoms with Crippen molar-refractivity contribution in [3.05, 3.63) is 58.8 Å². The summed E-state index contributed by atoms with van der Waals surface area (Å²) >= 11 is 0. The molecular formula is C18H16O4. The van der Waals surface area contributed by atoms with E-state index in [9.17, 15) is 4.79 Å². The van der Waals surface area contributed by atoms with Crippen LogP contribution >= 0.6 is 0 Å². The van der Waals surface area contributed by atoms with Crippen LogP contribution in [0.2, 0.25) is 0 Å². The van der Waals surface area contributed by atoms with Gasteiger partial charge >= 0.3 is 0 Å². The normalized spacial score (nSPS) is 10.6. The Labute approximate surface area is 127 Å². The summed E-state index contributed by atoms with van der Waals surface area (Å²) < 4.78 is 16.7. The molecule has 2 aromatic carbocycles. The third kappa shape index (κ3) is 2.55. The summed E-state index contributed by atoms with van der Waals surface area (Å²) in [5.74, 6) is 1.81. The number of para-hydroxylation sites is 1. The van der Waals surface area contributed by atoms with Gasteiger partial charge in [-0.2, -0.15) is 0 Å². The zero-order chi connectivity index (χ0) is 15.5. The zero-order valence-corrected chi connectivity index (χ0v) is 12.5. The Bertz CT molecular complexity index is 864. The Morgan fingerprint density at radius 1 is 1.09 bits per heavy atom. The Balaban J connectivity index is 2.20. The molecule has 0 saturated heterocycles. The van der Waals surface area contributed by atoms with Gasteiger partial charge in [-0.25, -0.2) is 0 Å². The number of ether oxygens (including phenoxy) is 2. The molecule has 0 aliphatic carbocycles. The van der Waals surface area contributed by atoms with Crippen molar-refractivity contribution in [3.8, 4) is 22.8 Å². The molecule has 0 atom stereocenters. The van der Waals surface area contributed by atoms with Crippen LogP contribution in [0.25, 0.3) is 22.3 Å². The van der Waals surface area contributed by atoms with Gasteiger partial charge in [0.05, 0.1) is 24.7 Å². The highest BCUT2D eigenvalue weighted by molar-refractivity contribution is 5.80. The van der Waals surface area contributed by atoms with Crippen molar-refractivity contribution in [2.24, 2.45) is 0 Å². The fourth-order valence-corrected chi connectivity index (χ4v) is 2.37. The molecule has 0 spiro atoms. The molecule has 0 bridgehead atoms. The highest BCUT2D eigenvalue weighted by Gasteiger charge is 2.11.